The quantitative estimate of drug-likeness (QED) is 0.911. The minimum absolute atomic E-state index is 0.288. The largest absolute Gasteiger partial charge is 0.392 e. The highest BCUT2D eigenvalue weighted by Gasteiger charge is 2.32. The first-order valence-corrected chi connectivity index (χ1v) is 6.96. The summed E-state index contributed by atoms with van der Waals surface area (Å²) in [7, 11) is 1.95. The molecule has 1 heterocycles. The molecular formula is C16H20N2O. The first kappa shape index (κ1) is 12.4. The molecule has 0 amide bonds. The molecule has 0 bridgehead atoms. The monoisotopic (exact) mass is 256 g/mol. The number of aliphatic hydroxyl groups excluding tert-OH is 1. The third kappa shape index (κ3) is 2.19. The van der Waals surface area contributed by atoms with Gasteiger partial charge in [0.25, 0.3) is 0 Å². The van der Waals surface area contributed by atoms with Gasteiger partial charge in [-0.25, -0.2) is 0 Å². The summed E-state index contributed by atoms with van der Waals surface area (Å²) in [5.74, 6) is 0.288. The van der Waals surface area contributed by atoms with Gasteiger partial charge in [0.15, 0.2) is 0 Å². The lowest BCUT2D eigenvalue weighted by atomic mass is 9.73. The molecular weight excluding hydrogens is 236 g/mol. The molecule has 1 aromatic carbocycles. The molecule has 0 fully saturated rings. The molecule has 19 heavy (non-hydrogen) atoms. The number of hydrogen-bond donors (Lipinski definition) is 1. The average Bonchev–Trinajstić information content (AvgIpc) is 2.72. The normalized spacial score (nSPS) is 18.8. The van der Waals surface area contributed by atoms with E-state index in [1.807, 2.05) is 11.7 Å². The van der Waals surface area contributed by atoms with E-state index in [1.165, 1.54) is 11.1 Å². The van der Waals surface area contributed by atoms with Crippen molar-refractivity contribution in [3.8, 4) is 0 Å². The van der Waals surface area contributed by atoms with Crippen molar-refractivity contribution in [1.29, 1.82) is 0 Å². The molecule has 2 atom stereocenters. The number of fused-ring (bicyclic) bond motifs is 1. The second-order valence-corrected chi connectivity index (χ2v) is 5.39. The maximum Gasteiger partial charge on any atom is 0.0667 e. The lowest BCUT2D eigenvalue weighted by Gasteiger charge is -2.33. The molecule has 1 aliphatic rings. The van der Waals surface area contributed by atoms with Crippen molar-refractivity contribution in [2.24, 2.45) is 7.05 Å². The van der Waals surface area contributed by atoms with E-state index in [0.29, 0.717) is 6.42 Å². The molecule has 2 unspecified atom stereocenters. The Morgan fingerprint density at radius 3 is 2.89 bits per heavy atom. The summed E-state index contributed by atoms with van der Waals surface area (Å²) >= 11 is 0. The summed E-state index contributed by atoms with van der Waals surface area (Å²) in [6.45, 7) is 2.10. The standard InChI is InChI=1S/C16H20N2O/c1-3-12-9-13(18(2)17-12)10-16(19)15-8-11-6-4-5-7-14(11)15/h4-7,9,15-16,19H,3,8,10H2,1-2H3. The molecule has 1 aromatic heterocycles. The SMILES string of the molecule is CCc1cc(CC(O)C2Cc3ccccc32)n(C)n1. The smallest absolute Gasteiger partial charge is 0.0667 e. The molecule has 0 saturated heterocycles. The Kier molecular flexibility index (Phi) is 3.15. The van der Waals surface area contributed by atoms with Crippen LogP contribution in [0.15, 0.2) is 30.3 Å². The van der Waals surface area contributed by atoms with Crippen LogP contribution in [0.3, 0.4) is 0 Å². The van der Waals surface area contributed by atoms with E-state index in [9.17, 15) is 5.11 Å². The number of aliphatic hydroxyl groups is 1. The maximum absolute atomic E-state index is 10.4. The van der Waals surface area contributed by atoms with Crippen LogP contribution in [0.25, 0.3) is 0 Å². The van der Waals surface area contributed by atoms with Crippen molar-refractivity contribution in [3.63, 3.8) is 0 Å². The number of nitrogens with zero attached hydrogens (tertiary/aromatic N) is 2. The Labute approximate surface area is 113 Å². The Morgan fingerprint density at radius 1 is 1.42 bits per heavy atom. The summed E-state index contributed by atoms with van der Waals surface area (Å²) in [5.41, 5.74) is 4.91. The highest BCUT2D eigenvalue weighted by molar-refractivity contribution is 5.41. The predicted octanol–water partition coefficient (Wildman–Crippen LogP) is 2.23. The predicted molar refractivity (Wildman–Crippen MR) is 75.2 cm³/mol. The maximum atomic E-state index is 10.4. The lowest BCUT2D eigenvalue weighted by Crippen LogP contribution is -2.31. The third-order valence-corrected chi connectivity index (χ3v) is 4.17. The zero-order valence-corrected chi connectivity index (χ0v) is 11.5. The van der Waals surface area contributed by atoms with Gasteiger partial charge in [-0.05, 0) is 30.0 Å². The fourth-order valence-corrected chi connectivity index (χ4v) is 2.93. The van der Waals surface area contributed by atoms with E-state index in [1.54, 1.807) is 0 Å². The fourth-order valence-electron chi connectivity index (χ4n) is 2.93. The van der Waals surface area contributed by atoms with Gasteiger partial charge in [0.1, 0.15) is 0 Å². The van der Waals surface area contributed by atoms with E-state index < -0.39 is 0 Å². The molecule has 0 saturated carbocycles. The molecule has 1 aliphatic carbocycles. The van der Waals surface area contributed by atoms with Crippen molar-refractivity contribution >= 4 is 0 Å². The summed E-state index contributed by atoms with van der Waals surface area (Å²) in [5, 5.41) is 14.9. The minimum atomic E-state index is -0.310. The zero-order valence-electron chi connectivity index (χ0n) is 11.5. The van der Waals surface area contributed by atoms with Gasteiger partial charge in [0.05, 0.1) is 11.8 Å². The first-order valence-electron chi connectivity index (χ1n) is 6.96. The van der Waals surface area contributed by atoms with Gasteiger partial charge in [-0.15, -0.1) is 0 Å². The van der Waals surface area contributed by atoms with Crippen LogP contribution < -0.4 is 0 Å². The van der Waals surface area contributed by atoms with Gasteiger partial charge < -0.3 is 5.11 Å². The zero-order chi connectivity index (χ0) is 13.4. The van der Waals surface area contributed by atoms with Gasteiger partial charge in [-0.1, -0.05) is 31.2 Å². The summed E-state index contributed by atoms with van der Waals surface area (Å²) in [6, 6.07) is 10.5. The van der Waals surface area contributed by atoms with Crippen LogP contribution in [0.4, 0.5) is 0 Å². The molecule has 0 spiro atoms. The molecule has 3 nitrogen and oxygen atoms in total. The van der Waals surface area contributed by atoms with Gasteiger partial charge in [0.2, 0.25) is 0 Å². The molecule has 0 radical (unpaired) electrons. The fraction of sp³-hybridized carbons (Fsp3) is 0.438. The van der Waals surface area contributed by atoms with Crippen LogP contribution in [0.5, 0.6) is 0 Å². The molecule has 2 aromatic rings. The molecule has 100 valence electrons. The van der Waals surface area contributed by atoms with Crippen LogP contribution in [0.2, 0.25) is 0 Å². The molecule has 1 N–H and O–H groups in total. The van der Waals surface area contributed by atoms with Crippen molar-refractivity contribution in [3.05, 3.63) is 52.8 Å². The van der Waals surface area contributed by atoms with E-state index in [2.05, 4.69) is 42.4 Å². The van der Waals surface area contributed by atoms with E-state index in [-0.39, 0.29) is 12.0 Å². The van der Waals surface area contributed by atoms with Crippen molar-refractivity contribution in [2.45, 2.75) is 38.2 Å². The van der Waals surface area contributed by atoms with Crippen molar-refractivity contribution in [1.82, 2.24) is 9.78 Å². The van der Waals surface area contributed by atoms with E-state index >= 15 is 0 Å². The van der Waals surface area contributed by atoms with Crippen LogP contribution in [0.1, 0.15) is 35.4 Å². The Morgan fingerprint density at radius 2 is 2.21 bits per heavy atom. The lowest BCUT2D eigenvalue weighted by molar-refractivity contribution is 0.131. The first-order chi connectivity index (χ1) is 9.19. The summed E-state index contributed by atoms with van der Waals surface area (Å²) in [6.07, 6.45) is 2.31. The summed E-state index contributed by atoms with van der Waals surface area (Å²) < 4.78 is 1.90. The third-order valence-electron chi connectivity index (χ3n) is 4.17. The second-order valence-electron chi connectivity index (χ2n) is 5.39. The Hall–Kier alpha value is -1.61. The Bertz CT molecular complexity index is 588. The van der Waals surface area contributed by atoms with E-state index in [0.717, 1.165) is 24.2 Å². The van der Waals surface area contributed by atoms with Crippen LogP contribution in [-0.2, 0) is 26.3 Å². The average molecular weight is 256 g/mol. The highest BCUT2D eigenvalue weighted by Crippen LogP contribution is 2.38. The molecule has 3 heteroatoms. The van der Waals surface area contributed by atoms with Crippen molar-refractivity contribution < 1.29 is 5.11 Å². The number of benzene rings is 1. The number of aryl methyl sites for hydroxylation is 2. The van der Waals surface area contributed by atoms with Gasteiger partial charge in [-0.3, -0.25) is 4.68 Å². The van der Waals surface area contributed by atoms with E-state index in [4.69, 9.17) is 0 Å². The highest BCUT2D eigenvalue weighted by atomic mass is 16.3. The summed E-state index contributed by atoms with van der Waals surface area (Å²) in [4.78, 5) is 0. The number of rotatable bonds is 4. The van der Waals surface area contributed by atoms with Crippen molar-refractivity contribution in [2.75, 3.05) is 0 Å². The van der Waals surface area contributed by atoms with Gasteiger partial charge >= 0.3 is 0 Å². The topological polar surface area (TPSA) is 38.0 Å². The number of aromatic nitrogens is 2. The minimum Gasteiger partial charge on any atom is -0.392 e. The van der Waals surface area contributed by atoms with Gasteiger partial charge in [0, 0.05) is 25.1 Å². The molecule has 3 rings (SSSR count). The van der Waals surface area contributed by atoms with Crippen LogP contribution in [0, 0.1) is 0 Å². The van der Waals surface area contributed by atoms with Gasteiger partial charge in [-0.2, -0.15) is 5.10 Å². The molecule has 0 aliphatic heterocycles. The van der Waals surface area contributed by atoms with Crippen LogP contribution >= 0.6 is 0 Å². The Balaban J connectivity index is 1.73. The number of hydrogen-bond acceptors (Lipinski definition) is 2. The second kappa shape index (κ2) is 4.82. The van der Waals surface area contributed by atoms with Crippen LogP contribution in [-0.4, -0.2) is 21.0 Å².